The van der Waals surface area contributed by atoms with E-state index in [0.29, 0.717) is 16.5 Å². The number of para-hydroxylation sites is 1. The van der Waals surface area contributed by atoms with Crippen LogP contribution in [0.25, 0.3) is 22.0 Å². The van der Waals surface area contributed by atoms with E-state index in [0.717, 1.165) is 0 Å². The minimum atomic E-state index is -4.59. The van der Waals surface area contributed by atoms with Crippen molar-refractivity contribution in [2.24, 2.45) is 0 Å². The number of halogens is 4. The number of rotatable bonds is 3. The van der Waals surface area contributed by atoms with Gasteiger partial charge in [-0.25, -0.2) is 9.78 Å². The molecule has 0 unspecified atom stereocenters. The van der Waals surface area contributed by atoms with E-state index in [1.165, 1.54) is 0 Å². The molecule has 0 aliphatic carbocycles. The molecule has 128 valence electrons. The minimum Gasteiger partial charge on any atom is -0.477 e. The van der Waals surface area contributed by atoms with Crippen LogP contribution in [-0.2, 0) is 6.42 Å². The standard InChI is InChI=1S/C18H11ClF3NO2/c19-13-7-3-1-5-10(13)15-11-6-2-4-8-14(11)23-16(17(24)25)12(15)9-18(20,21)22/h1-8H,9H2,(H,24,25). The summed E-state index contributed by atoms with van der Waals surface area (Å²) in [7, 11) is 0. The number of carboxylic acid groups (broad SMARTS) is 1. The van der Waals surface area contributed by atoms with Gasteiger partial charge in [0.25, 0.3) is 0 Å². The number of alkyl halides is 3. The highest BCUT2D eigenvalue weighted by molar-refractivity contribution is 6.33. The maximum atomic E-state index is 13.1. The number of carbonyl (C=O) groups is 1. The molecular formula is C18H11ClF3NO2. The van der Waals surface area contributed by atoms with Crippen LogP contribution in [0.2, 0.25) is 5.02 Å². The number of hydrogen-bond donors (Lipinski definition) is 1. The van der Waals surface area contributed by atoms with Gasteiger partial charge in [-0.15, -0.1) is 0 Å². The summed E-state index contributed by atoms with van der Waals surface area (Å²) in [5.41, 5.74) is -0.242. The molecule has 1 N–H and O–H groups in total. The van der Waals surface area contributed by atoms with Crippen LogP contribution in [0.15, 0.2) is 48.5 Å². The molecule has 3 nitrogen and oxygen atoms in total. The third-order valence-electron chi connectivity index (χ3n) is 3.72. The fourth-order valence-electron chi connectivity index (χ4n) is 2.77. The molecule has 0 bridgehead atoms. The lowest BCUT2D eigenvalue weighted by atomic mass is 9.92. The number of fused-ring (bicyclic) bond motifs is 1. The molecule has 0 fully saturated rings. The van der Waals surface area contributed by atoms with E-state index in [9.17, 15) is 23.1 Å². The van der Waals surface area contributed by atoms with Gasteiger partial charge in [0.05, 0.1) is 11.9 Å². The van der Waals surface area contributed by atoms with E-state index in [4.69, 9.17) is 11.6 Å². The molecule has 0 saturated carbocycles. The Labute approximate surface area is 145 Å². The highest BCUT2D eigenvalue weighted by Crippen LogP contribution is 2.39. The number of carboxylic acids is 1. The summed E-state index contributed by atoms with van der Waals surface area (Å²) in [6, 6.07) is 12.8. The van der Waals surface area contributed by atoms with Crippen molar-refractivity contribution in [2.75, 3.05) is 0 Å². The van der Waals surface area contributed by atoms with Gasteiger partial charge in [0, 0.05) is 21.5 Å². The quantitative estimate of drug-likeness (QED) is 0.680. The first-order chi connectivity index (χ1) is 11.8. The third kappa shape index (κ3) is 3.44. The summed E-state index contributed by atoms with van der Waals surface area (Å²) in [5.74, 6) is -1.52. The first-order valence-corrected chi connectivity index (χ1v) is 7.62. The van der Waals surface area contributed by atoms with Crippen LogP contribution in [0.3, 0.4) is 0 Å². The molecule has 7 heteroatoms. The Hall–Kier alpha value is -2.60. The summed E-state index contributed by atoms with van der Waals surface area (Å²) in [6.45, 7) is 0. The topological polar surface area (TPSA) is 50.2 Å². The smallest absolute Gasteiger partial charge is 0.393 e. The van der Waals surface area contributed by atoms with Crippen molar-refractivity contribution in [1.29, 1.82) is 0 Å². The lowest BCUT2D eigenvalue weighted by Gasteiger charge is -2.18. The second kappa shape index (κ2) is 6.37. The van der Waals surface area contributed by atoms with E-state index in [2.05, 4.69) is 4.98 Å². The third-order valence-corrected chi connectivity index (χ3v) is 4.05. The number of pyridine rings is 1. The molecule has 0 atom stereocenters. The van der Waals surface area contributed by atoms with Crippen molar-refractivity contribution >= 4 is 28.5 Å². The average Bonchev–Trinajstić information content (AvgIpc) is 2.53. The second-order valence-corrected chi connectivity index (χ2v) is 5.82. The number of nitrogens with zero attached hydrogens (tertiary/aromatic N) is 1. The van der Waals surface area contributed by atoms with Crippen LogP contribution < -0.4 is 0 Å². The van der Waals surface area contributed by atoms with E-state index < -0.39 is 29.8 Å². The Bertz CT molecular complexity index is 970. The zero-order valence-corrected chi connectivity index (χ0v) is 13.4. The summed E-state index contributed by atoms with van der Waals surface area (Å²) < 4.78 is 39.4. The van der Waals surface area contributed by atoms with Crippen molar-refractivity contribution in [3.8, 4) is 11.1 Å². The molecule has 3 rings (SSSR count). The molecule has 1 aromatic heterocycles. The Kier molecular flexibility index (Phi) is 4.39. The molecule has 0 spiro atoms. The SMILES string of the molecule is O=C(O)c1nc2ccccc2c(-c2ccccc2Cl)c1CC(F)(F)F. The molecule has 0 aliphatic heterocycles. The molecule has 0 amide bonds. The van der Waals surface area contributed by atoms with Crippen molar-refractivity contribution < 1.29 is 23.1 Å². The fourth-order valence-corrected chi connectivity index (χ4v) is 3.00. The lowest BCUT2D eigenvalue weighted by molar-refractivity contribution is -0.127. The van der Waals surface area contributed by atoms with Gasteiger partial charge < -0.3 is 5.11 Å². The Morgan fingerprint density at radius 2 is 1.72 bits per heavy atom. The predicted octanol–water partition coefficient (Wildman–Crippen LogP) is 5.36. The second-order valence-electron chi connectivity index (χ2n) is 5.41. The van der Waals surface area contributed by atoms with Crippen molar-refractivity contribution in [3.63, 3.8) is 0 Å². The average molecular weight is 366 g/mol. The first-order valence-electron chi connectivity index (χ1n) is 7.24. The van der Waals surface area contributed by atoms with E-state index in [1.807, 2.05) is 0 Å². The van der Waals surface area contributed by atoms with Gasteiger partial charge in [-0.2, -0.15) is 13.2 Å². The van der Waals surface area contributed by atoms with Crippen LogP contribution in [0.1, 0.15) is 16.1 Å². The number of hydrogen-bond acceptors (Lipinski definition) is 2. The van der Waals surface area contributed by atoms with Gasteiger partial charge in [0.1, 0.15) is 0 Å². The summed E-state index contributed by atoms with van der Waals surface area (Å²) in [4.78, 5) is 15.5. The molecule has 0 saturated heterocycles. The first kappa shape index (κ1) is 17.2. The molecule has 2 aromatic carbocycles. The Morgan fingerprint density at radius 3 is 2.36 bits per heavy atom. The maximum Gasteiger partial charge on any atom is 0.393 e. The molecule has 25 heavy (non-hydrogen) atoms. The fraction of sp³-hybridized carbons (Fsp3) is 0.111. The van der Waals surface area contributed by atoms with Gasteiger partial charge in [-0.1, -0.05) is 48.0 Å². The lowest BCUT2D eigenvalue weighted by Crippen LogP contribution is -2.17. The molecule has 0 radical (unpaired) electrons. The number of aromatic nitrogens is 1. The van der Waals surface area contributed by atoms with Gasteiger partial charge in [0.2, 0.25) is 0 Å². The van der Waals surface area contributed by atoms with E-state index in [-0.39, 0.29) is 10.6 Å². The van der Waals surface area contributed by atoms with Gasteiger partial charge in [-0.05, 0) is 17.7 Å². The molecular weight excluding hydrogens is 355 g/mol. The summed E-state index contributed by atoms with van der Waals surface area (Å²) in [6.07, 6.45) is -6.00. The Balaban J connectivity index is 2.47. The maximum absolute atomic E-state index is 13.1. The highest BCUT2D eigenvalue weighted by Gasteiger charge is 2.33. The van der Waals surface area contributed by atoms with Gasteiger partial charge >= 0.3 is 12.1 Å². The highest BCUT2D eigenvalue weighted by atomic mass is 35.5. The van der Waals surface area contributed by atoms with Crippen LogP contribution in [0.4, 0.5) is 13.2 Å². The number of aromatic carboxylic acids is 1. The Morgan fingerprint density at radius 1 is 1.08 bits per heavy atom. The summed E-state index contributed by atoms with van der Waals surface area (Å²) in [5, 5.41) is 10.1. The molecule has 3 aromatic rings. The van der Waals surface area contributed by atoms with E-state index in [1.54, 1.807) is 48.5 Å². The zero-order valence-electron chi connectivity index (χ0n) is 12.6. The largest absolute Gasteiger partial charge is 0.477 e. The van der Waals surface area contributed by atoms with Crippen molar-refractivity contribution in [1.82, 2.24) is 4.98 Å². The molecule has 1 heterocycles. The van der Waals surface area contributed by atoms with Crippen molar-refractivity contribution in [3.05, 3.63) is 64.8 Å². The normalized spacial score (nSPS) is 11.7. The number of benzene rings is 2. The molecule has 0 aliphatic rings. The monoisotopic (exact) mass is 365 g/mol. The van der Waals surface area contributed by atoms with E-state index >= 15 is 0 Å². The van der Waals surface area contributed by atoms with Gasteiger partial charge in [0.15, 0.2) is 5.69 Å². The van der Waals surface area contributed by atoms with Crippen LogP contribution >= 0.6 is 11.6 Å². The van der Waals surface area contributed by atoms with Crippen LogP contribution in [-0.4, -0.2) is 22.2 Å². The zero-order chi connectivity index (χ0) is 18.2. The van der Waals surface area contributed by atoms with Crippen LogP contribution in [0, 0.1) is 0 Å². The predicted molar refractivity (Wildman–Crippen MR) is 88.9 cm³/mol. The summed E-state index contributed by atoms with van der Waals surface area (Å²) >= 11 is 6.19. The van der Waals surface area contributed by atoms with Crippen molar-refractivity contribution in [2.45, 2.75) is 12.6 Å². The minimum absolute atomic E-state index is 0.144. The van der Waals surface area contributed by atoms with Gasteiger partial charge in [-0.3, -0.25) is 0 Å². The van der Waals surface area contributed by atoms with Crippen LogP contribution in [0.5, 0.6) is 0 Å².